The van der Waals surface area contributed by atoms with Gasteiger partial charge >= 0.3 is 5.97 Å². The lowest BCUT2D eigenvalue weighted by Crippen LogP contribution is -2.37. The number of carbonyl (C=O) groups is 2. The normalized spacial score (nSPS) is 19.9. The van der Waals surface area contributed by atoms with Gasteiger partial charge in [-0.2, -0.15) is 0 Å². The topological polar surface area (TPSA) is 85.5 Å². The summed E-state index contributed by atoms with van der Waals surface area (Å²) in [5, 5.41) is 0.865. The second-order valence-corrected chi connectivity index (χ2v) is 8.19. The Hall–Kier alpha value is -3.41. The van der Waals surface area contributed by atoms with E-state index in [1.54, 1.807) is 18.2 Å². The molecule has 6 heteroatoms. The van der Waals surface area contributed by atoms with Crippen molar-refractivity contribution in [2.75, 3.05) is 0 Å². The van der Waals surface area contributed by atoms with Gasteiger partial charge in [0.15, 0.2) is 5.78 Å². The van der Waals surface area contributed by atoms with Crippen LogP contribution in [0.25, 0.3) is 10.9 Å². The van der Waals surface area contributed by atoms with E-state index in [-0.39, 0.29) is 24.2 Å². The Bertz CT molecular complexity index is 1250. The summed E-state index contributed by atoms with van der Waals surface area (Å²) >= 11 is 0. The van der Waals surface area contributed by atoms with Gasteiger partial charge in [-0.05, 0) is 43.5 Å². The van der Waals surface area contributed by atoms with Gasteiger partial charge in [-0.1, -0.05) is 18.2 Å². The van der Waals surface area contributed by atoms with Gasteiger partial charge in [0.1, 0.15) is 17.1 Å². The molecule has 1 N–H and O–H groups in total. The van der Waals surface area contributed by atoms with E-state index in [1.165, 1.54) is 0 Å². The number of Topliss-reactive ketones (excluding diaryl/α,β-unsaturated/α-hetero) is 1. The average Bonchev–Trinajstić information content (AvgIpc) is 2.65. The van der Waals surface area contributed by atoms with Gasteiger partial charge in [-0.25, -0.2) is 0 Å². The lowest BCUT2D eigenvalue weighted by molar-refractivity contribution is -0.135. The van der Waals surface area contributed by atoms with Gasteiger partial charge in [0, 0.05) is 22.6 Å². The summed E-state index contributed by atoms with van der Waals surface area (Å²) in [6.07, 6.45) is 0.267. The summed E-state index contributed by atoms with van der Waals surface area (Å²) in [6.45, 7) is 3.69. The molecule has 1 atom stereocenters. The molecule has 0 radical (unpaired) electrons. The molecule has 0 bridgehead atoms. The molecule has 3 heterocycles. The standard InChI is InChI=1S/C23H19NO5/c1-23(2)11-17(25)13-7-8-18-20(21(13)29-23)14(10-19(26)28-18)15-9-12-5-3-4-6-16(12)24-22(15)27/h3-9,14H,10-11H2,1-2H3,(H,24,27). The second kappa shape index (κ2) is 6.04. The summed E-state index contributed by atoms with van der Waals surface area (Å²) in [5.74, 6) is -0.258. The highest BCUT2D eigenvalue weighted by Crippen LogP contribution is 2.48. The van der Waals surface area contributed by atoms with Crippen LogP contribution in [0.2, 0.25) is 0 Å². The number of esters is 1. The number of aromatic amines is 1. The first-order chi connectivity index (χ1) is 13.8. The molecule has 2 aromatic carbocycles. The van der Waals surface area contributed by atoms with Crippen LogP contribution in [0.3, 0.4) is 0 Å². The van der Waals surface area contributed by atoms with Gasteiger partial charge in [0.2, 0.25) is 0 Å². The number of hydrogen-bond donors (Lipinski definition) is 1. The van der Waals surface area contributed by atoms with E-state index in [9.17, 15) is 14.4 Å². The third-order valence-corrected chi connectivity index (χ3v) is 5.52. The monoisotopic (exact) mass is 389 g/mol. The number of para-hydroxylation sites is 1. The van der Waals surface area contributed by atoms with Crippen molar-refractivity contribution in [1.29, 1.82) is 0 Å². The number of nitrogens with one attached hydrogen (secondary N) is 1. The summed E-state index contributed by atoms with van der Waals surface area (Å²) < 4.78 is 11.6. The summed E-state index contributed by atoms with van der Waals surface area (Å²) in [7, 11) is 0. The van der Waals surface area contributed by atoms with Crippen molar-refractivity contribution in [2.24, 2.45) is 0 Å². The van der Waals surface area contributed by atoms with Crippen molar-refractivity contribution in [1.82, 2.24) is 4.98 Å². The zero-order chi connectivity index (χ0) is 20.3. The number of aromatic nitrogens is 1. The van der Waals surface area contributed by atoms with Crippen LogP contribution in [0.1, 0.15) is 54.1 Å². The van der Waals surface area contributed by atoms with E-state index < -0.39 is 17.5 Å². The number of H-pyrrole nitrogens is 1. The summed E-state index contributed by atoms with van der Waals surface area (Å²) in [6, 6.07) is 12.5. The molecule has 0 saturated carbocycles. The number of ketones is 1. The molecule has 3 aromatic rings. The van der Waals surface area contributed by atoms with Crippen LogP contribution in [0.4, 0.5) is 0 Å². The van der Waals surface area contributed by atoms with E-state index in [4.69, 9.17) is 9.47 Å². The Labute approximate surface area is 166 Å². The number of fused-ring (bicyclic) bond motifs is 4. The van der Waals surface area contributed by atoms with Gasteiger partial charge in [0.05, 0.1) is 18.4 Å². The fourth-order valence-corrected chi connectivity index (χ4v) is 4.25. The van der Waals surface area contributed by atoms with Crippen LogP contribution >= 0.6 is 0 Å². The molecule has 2 aliphatic rings. The fourth-order valence-electron chi connectivity index (χ4n) is 4.25. The Morgan fingerprint density at radius 1 is 1.07 bits per heavy atom. The van der Waals surface area contributed by atoms with Crippen LogP contribution in [-0.2, 0) is 4.79 Å². The fraction of sp³-hybridized carbons (Fsp3) is 0.261. The highest BCUT2D eigenvalue weighted by Gasteiger charge is 2.40. The maximum Gasteiger partial charge on any atom is 0.312 e. The van der Waals surface area contributed by atoms with Crippen LogP contribution in [0.5, 0.6) is 11.5 Å². The van der Waals surface area contributed by atoms with Crippen LogP contribution < -0.4 is 15.0 Å². The number of hydrogen-bond acceptors (Lipinski definition) is 5. The molecule has 0 spiro atoms. The molecule has 6 nitrogen and oxygen atoms in total. The Kier molecular flexibility index (Phi) is 3.68. The first kappa shape index (κ1) is 17.7. The largest absolute Gasteiger partial charge is 0.486 e. The van der Waals surface area contributed by atoms with Crippen molar-refractivity contribution in [3.05, 3.63) is 69.5 Å². The minimum atomic E-state index is -0.680. The van der Waals surface area contributed by atoms with E-state index in [0.717, 1.165) is 10.9 Å². The highest BCUT2D eigenvalue weighted by atomic mass is 16.5. The smallest absolute Gasteiger partial charge is 0.312 e. The predicted molar refractivity (Wildman–Crippen MR) is 107 cm³/mol. The molecule has 1 unspecified atom stereocenters. The Balaban J connectivity index is 1.77. The van der Waals surface area contributed by atoms with E-state index in [2.05, 4.69) is 4.98 Å². The van der Waals surface area contributed by atoms with E-state index in [0.29, 0.717) is 28.2 Å². The average molecular weight is 389 g/mol. The van der Waals surface area contributed by atoms with E-state index >= 15 is 0 Å². The van der Waals surface area contributed by atoms with Crippen molar-refractivity contribution in [3.8, 4) is 11.5 Å². The van der Waals surface area contributed by atoms with Gasteiger partial charge < -0.3 is 14.5 Å². The van der Waals surface area contributed by atoms with Crippen molar-refractivity contribution in [2.45, 2.75) is 38.2 Å². The minimum Gasteiger partial charge on any atom is -0.486 e. The SMILES string of the molecule is CC1(C)CC(=O)c2ccc3c(c2O1)C(c1cc2ccccc2[nH]c1=O)CC(=O)O3. The van der Waals surface area contributed by atoms with Crippen LogP contribution in [-0.4, -0.2) is 22.3 Å². The Morgan fingerprint density at radius 3 is 2.69 bits per heavy atom. The van der Waals surface area contributed by atoms with Crippen LogP contribution in [0, 0.1) is 0 Å². The molecule has 29 heavy (non-hydrogen) atoms. The molecule has 0 aliphatic carbocycles. The molecule has 2 aliphatic heterocycles. The first-order valence-electron chi connectivity index (χ1n) is 9.54. The third-order valence-electron chi connectivity index (χ3n) is 5.52. The maximum atomic E-state index is 12.9. The summed E-state index contributed by atoms with van der Waals surface area (Å²) in [5.41, 5.74) is 1.28. The number of rotatable bonds is 1. The number of ether oxygens (including phenoxy) is 2. The van der Waals surface area contributed by atoms with Crippen molar-refractivity contribution in [3.63, 3.8) is 0 Å². The molecule has 5 rings (SSSR count). The zero-order valence-corrected chi connectivity index (χ0v) is 16.1. The summed E-state index contributed by atoms with van der Waals surface area (Å²) in [4.78, 5) is 40.8. The molecular formula is C23H19NO5. The van der Waals surface area contributed by atoms with Gasteiger partial charge in [-0.15, -0.1) is 0 Å². The second-order valence-electron chi connectivity index (χ2n) is 8.19. The molecule has 1 aromatic heterocycles. The molecule has 146 valence electrons. The highest BCUT2D eigenvalue weighted by molar-refractivity contribution is 6.01. The minimum absolute atomic E-state index is 0.00283. The van der Waals surface area contributed by atoms with E-state index in [1.807, 2.05) is 38.1 Å². The lowest BCUT2D eigenvalue weighted by atomic mass is 9.82. The van der Waals surface area contributed by atoms with Crippen LogP contribution in [0.15, 0.2) is 47.3 Å². The molecular weight excluding hydrogens is 370 g/mol. The quantitative estimate of drug-likeness (QED) is 0.507. The molecule has 0 fully saturated rings. The first-order valence-corrected chi connectivity index (χ1v) is 9.54. The Morgan fingerprint density at radius 2 is 1.86 bits per heavy atom. The zero-order valence-electron chi connectivity index (χ0n) is 16.1. The predicted octanol–water partition coefficient (Wildman–Crippen LogP) is 3.71. The van der Waals surface area contributed by atoms with Gasteiger partial charge in [0.25, 0.3) is 5.56 Å². The van der Waals surface area contributed by atoms with Crippen molar-refractivity contribution >= 4 is 22.7 Å². The van der Waals surface area contributed by atoms with Gasteiger partial charge in [-0.3, -0.25) is 14.4 Å². The molecule has 0 saturated heterocycles. The number of pyridine rings is 1. The molecule has 0 amide bonds. The maximum absolute atomic E-state index is 12.9. The number of benzene rings is 2. The third kappa shape index (κ3) is 2.83. The van der Waals surface area contributed by atoms with Crippen molar-refractivity contribution < 1.29 is 19.1 Å². The lowest BCUT2D eigenvalue weighted by Gasteiger charge is -2.36. The number of carbonyl (C=O) groups excluding carboxylic acids is 2.